The van der Waals surface area contributed by atoms with Crippen molar-refractivity contribution in [3.05, 3.63) is 111 Å². The Morgan fingerprint density at radius 1 is 0.730 bits per heavy atom. The number of aryl methyl sites for hydroxylation is 1. The number of fused-ring (bicyclic) bond motifs is 14. The fraction of sp³-hybridized carbons (Fsp3) is 0.362. The number of anilines is 1. The summed E-state index contributed by atoms with van der Waals surface area (Å²) in [7, 11) is 2.94. The predicted molar refractivity (Wildman–Crippen MR) is 335 cm³/mol. The standard InChI is InChI=1S/C58H60N12O13S6/c1-27(2)32-19-38(71)44-28(3)88-55(69-44)34(20-41(72)59-4)62-49(77)36-24-84-51(64-36)31-15-16-33(53-66-40(26-87-53)67-58(81)83-18-17-30(57(79)80)13-9-10-14-43(74)75)61-45(31)35-23-85-54(63-35)37-25-86-56(65-37)47(48(76)29-11-7-6-8-12-29)68-42(73)21-60-50(78)46-39(22-82-5)89-52(32)70-46/h6-8,11-12,15-16,23-27,30,32,34,47-48,76H,9-10,13-14,17-22H2,1-5H3,(H,59,72)(H,60,78)(H,62,77)(H,67,81)(H,68,73)(H,74,75)(H,79,80)/t30?,32-,34-,47-,48-/m0/s1. The van der Waals surface area contributed by atoms with Crippen molar-refractivity contribution in [2.45, 2.75) is 96.4 Å². The minimum Gasteiger partial charge on any atom is -0.481 e. The molecule has 8 aromatic rings. The molecule has 9 rings (SSSR count). The molecule has 1 unspecified atom stereocenters. The molecule has 0 aliphatic carbocycles. The topological polar surface area (TPSA) is 366 Å². The van der Waals surface area contributed by atoms with Crippen molar-refractivity contribution in [1.29, 1.82) is 0 Å². The number of carbonyl (C=O) groups is 8. The summed E-state index contributed by atoms with van der Waals surface area (Å²) in [6, 6.07) is 10.0. The van der Waals surface area contributed by atoms with Gasteiger partial charge in [0.1, 0.15) is 77.2 Å². The summed E-state index contributed by atoms with van der Waals surface area (Å²) in [5.41, 5.74) is 2.56. The highest BCUT2D eigenvalue weighted by atomic mass is 32.1. The second-order valence-electron chi connectivity index (χ2n) is 20.7. The number of Topliss-reactive ketones (excluding diaryl/α,β-unsaturated/α-hetero) is 1. The Morgan fingerprint density at radius 3 is 2.19 bits per heavy atom. The first kappa shape index (κ1) is 65.3. The number of pyridine rings is 1. The second kappa shape index (κ2) is 29.9. The van der Waals surface area contributed by atoms with Gasteiger partial charge in [-0.15, -0.1) is 68.0 Å². The maximum absolute atomic E-state index is 14.4. The number of nitrogens with zero attached hydrogens (tertiary/aromatic N) is 7. The molecular weight excluding hydrogens is 1270 g/mol. The van der Waals surface area contributed by atoms with Gasteiger partial charge >= 0.3 is 18.0 Å². The third-order valence-electron chi connectivity index (χ3n) is 14.1. The zero-order valence-electron chi connectivity index (χ0n) is 48.4. The van der Waals surface area contributed by atoms with Crippen molar-refractivity contribution < 1.29 is 63.1 Å². The van der Waals surface area contributed by atoms with Gasteiger partial charge in [-0.05, 0) is 49.8 Å². The summed E-state index contributed by atoms with van der Waals surface area (Å²) >= 11 is 7.09. The van der Waals surface area contributed by atoms with Crippen LogP contribution in [0.2, 0.25) is 0 Å². The average Bonchev–Trinajstić information content (AvgIpc) is 1.86. The number of carboxylic acids is 2. The molecule has 0 fully saturated rings. The SMILES string of the molecule is CNC(=O)C[C@@H]1NC(=O)c2csc(n2)-c2ccc(-c3nc(NC(=O)OCCC(CCCCC(=O)O)C(=O)O)cs3)nc2-c2csc(n2)-c2csc(n2)[C@H]([C@@H](O)c2ccccc2)NC(=O)CNC(=O)c2nc(sc2COC)[C@H](C(C)C)CC(=O)c2nc1sc2C. The summed E-state index contributed by atoms with van der Waals surface area (Å²) in [5.74, 6) is -6.07. The molecular formula is C58H60N12O13S6. The molecule has 8 heterocycles. The highest BCUT2D eigenvalue weighted by molar-refractivity contribution is 7.15. The lowest BCUT2D eigenvalue weighted by molar-refractivity contribution is -0.142. The number of unbranched alkanes of at least 4 members (excludes halogenated alkanes) is 1. The Kier molecular flexibility index (Phi) is 21.9. The Balaban J connectivity index is 1.06. The van der Waals surface area contributed by atoms with Crippen LogP contribution in [-0.2, 0) is 35.3 Å². The van der Waals surface area contributed by atoms with Crippen LogP contribution in [-0.4, -0.2) is 125 Å². The molecule has 0 radical (unpaired) electrons. The van der Waals surface area contributed by atoms with E-state index in [1.807, 2.05) is 13.8 Å². The third-order valence-corrected chi connectivity index (χ3v) is 19.9. The molecule has 7 aromatic heterocycles. The number of methoxy groups -OCH3 is 1. The summed E-state index contributed by atoms with van der Waals surface area (Å²) in [4.78, 5) is 140. The highest BCUT2D eigenvalue weighted by Gasteiger charge is 2.33. The Morgan fingerprint density at radius 2 is 1.45 bits per heavy atom. The number of rotatable bonds is 18. The predicted octanol–water partition coefficient (Wildman–Crippen LogP) is 9.48. The van der Waals surface area contributed by atoms with Crippen LogP contribution in [0.25, 0.3) is 43.4 Å². The van der Waals surface area contributed by atoms with Gasteiger partial charge in [0.05, 0.1) is 53.7 Å². The summed E-state index contributed by atoms with van der Waals surface area (Å²) in [6.45, 7) is 4.88. The van der Waals surface area contributed by atoms with Crippen LogP contribution >= 0.6 is 68.0 Å². The Hall–Kier alpha value is -8.17. The number of hydrogen-bond acceptors (Lipinski definition) is 24. The summed E-state index contributed by atoms with van der Waals surface area (Å²) < 4.78 is 10.8. The van der Waals surface area contributed by atoms with Gasteiger partial charge in [-0.3, -0.25) is 38.9 Å². The van der Waals surface area contributed by atoms with E-state index in [0.29, 0.717) is 86.5 Å². The molecule has 0 saturated carbocycles. The van der Waals surface area contributed by atoms with Crippen molar-refractivity contribution in [2.24, 2.45) is 11.8 Å². The van der Waals surface area contributed by atoms with E-state index in [1.54, 1.807) is 70.9 Å². The lowest BCUT2D eigenvalue weighted by Crippen LogP contribution is -2.40. The molecule has 1 aliphatic heterocycles. The largest absolute Gasteiger partial charge is 0.481 e. The molecule has 31 heteroatoms. The minimum absolute atomic E-state index is 0.00429. The number of aliphatic hydroxyl groups excluding tert-OH is 1. The number of aromatic nitrogens is 7. The Labute approximate surface area is 532 Å². The summed E-state index contributed by atoms with van der Waals surface area (Å²) in [6.07, 6.45) is -1.57. The van der Waals surface area contributed by atoms with Crippen LogP contribution in [0.3, 0.4) is 0 Å². The number of ether oxygens (including phenoxy) is 2. The number of carboxylic acid groups (broad SMARTS) is 2. The van der Waals surface area contributed by atoms with Gasteiger partial charge in [-0.25, -0.2) is 39.7 Å². The number of aliphatic carboxylic acids is 2. The minimum atomic E-state index is -1.30. The maximum atomic E-state index is 14.4. The van der Waals surface area contributed by atoms with Crippen molar-refractivity contribution in [1.82, 2.24) is 56.2 Å². The van der Waals surface area contributed by atoms with Crippen LogP contribution in [0.5, 0.6) is 0 Å². The number of hydrogen-bond donors (Lipinski definition) is 8. The van der Waals surface area contributed by atoms with E-state index in [1.165, 1.54) is 48.2 Å². The number of thiazole rings is 6. The van der Waals surface area contributed by atoms with E-state index in [4.69, 9.17) is 44.5 Å². The third kappa shape index (κ3) is 16.4. The monoisotopic (exact) mass is 1320 g/mol. The van der Waals surface area contributed by atoms with Crippen LogP contribution in [0.1, 0.15) is 145 Å². The van der Waals surface area contributed by atoms with Crippen LogP contribution < -0.4 is 26.6 Å². The van der Waals surface area contributed by atoms with Gasteiger partial charge in [-0.2, -0.15) is 0 Å². The Bertz CT molecular complexity index is 3890. The average molecular weight is 1330 g/mol. The first-order valence-electron chi connectivity index (χ1n) is 27.8. The molecule has 89 heavy (non-hydrogen) atoms. The van der Waals surface area contributed by atoms with Gasteiger partial charge < -0.3 is 46.1 Å². The van der Waals surface area contributed by atoms with Crippen molar-refractivity contribution in [3.63, 3.8) is 0 Å². The first-order valence-corrected chi connectivity index (χ1v) is 33.0. The number of carbonyl (C=O) groups excluding carboxylic acids is 6. The van der Waals surface area contributed by atoms with Gasteiger partial charge in [0.25, 0.3) is 11.8 Å². The van der Waals surface area contributed by atoms with Gasteiger partial charge in [0.2, 0.25) is 11.8 Å². The number of ketones is 1. The highest BCUT2D eigenvalue weighted by Crippen LogP contribution is 2.41. The smallest absolute Gasteiger partial charge is 0.412 e. The lowest BCUT2D eigenvalue weighted by Gasteiger charge is -2.23. The van der Waals surface area contributed by atoms with Gasteiger partial charge in [0.15, 0.2) is 5.78 Å². The molecule has 0 spiro atoms. The quantitative estimate of drug-likeness (QED) is 0.0370. The summed E-state index contributed by atoms with van der Waals surface area (Å²) in [5, 5.41) is 53.1. The zero-order chi connectivity index (χ0) is 63.5. The molecule has 466 valence electrons. The normalized spacial score (nSPS) is 16.4. The maximum Gasteiger partial charge on any atom is 0.412 e. The van der Waals surface area contributed by atoms with Crippen LogP contribution in [0.15, 0.2) is 64.0 Å². The number of aliphatic hydroxyl groups is 1. The number of amides is 5. The molecule has 10 bridgehead atoms. The van der Waals surface area contributed by atoms with E-state index in [-0.39, 0.29) is 79.9 Å². The fourth-order valence-corrected chi connectivity index (χ4v) is 15.0. The van der Waals surface area contributed by atoms with Gasteiger partial charge in [0, 0.05) is 64.9 Å². The van der Waals surface area contributed by atoms with E-state index in [2.05, 4.69) is 31.6 Å². The molecule has 25 nitrogen and oxygen atoms in total. The first-order chi connectivity index (χ1) is 42.8. The number of benzene rings is 1. The fourth-order valence-electron chi connectivity index (χ4n) is 9.39. The van der Waals surface area contributed by atoms with E-state index in [9.17, 15) is 48.6 Å². The lowest BCUT2D eigenvalue weighted by atomic mass is 9.90. The van der Waals surface area contributed by atoms with Crippen LogP contribution in [0.4, 0.5) is 10.6 Å². The van der Waals surface area contributed by atoms with E-state index >= 15 is 0 Å². The molecule has 8 N–H and O–H groups in total. The van der Waals surface area contributed by atoms with Crippen LogP contribution in [0, 0.1) is 18.8 Å². The van der Waals surface area contributed by atoms with Gasteiger partial charge in [-0.1, -0.05) is 50.6 Å². The zero-order valence-corrected chi connectivity index (χ0v) is 53.3. The van der Waals surface area contributed by atoms with E-state index < -0.39 is 78.2 Å². The van der Waals surface area contributed by atoms with Crippen molar-refractivity contribution >= 4 is 121 Å². The van der Waals surface area contributed by atoms with Crippen molar-refractivity contribution in [3.8, 4) is 43.4 Å². The second-order valence-corrected chi connectivity index (χ2v) is 26.5. The molecule has 1 aliphatic rings. The molecule has 5 atom stereocenters. The number of nitrogens with one attached hydrogen (secondary N) is 5. The molecule has 5 amide bonds. The van der Waals surface area contributed by atoms with Crippen molar-refractivity contribution in [2.75, 3.05) is 32.6 Å². The molecule has 0 saturated heterocycles. The molecule has 1 aromatic carbocycles. The van der Waals surface area contributed by atoms with E-state index in [0.717, 1.165) is 34.0 Å².